The average Bonchev–Trinajstić information content (AvgIpc) is 3.89. The molecule has 4 aromatic heterocycles. The van der Waals surface area contributed by atoms with Crippen molar-refractivity contribution in [2.75, 3.05) is 19.6 Å². The maximum Gasteiger partial charge on any atom is 0.227 e. The summed E-state index contributed by atoms with van der Waals surface area (Å²) in [4.78, 5) is 14.6. The van der Waals surface area contributed by atoms with Crippen LogP contribution in [-0.4, -0.2) is 57.5 Å². The Labute approximate surface area is 296 Å². The Kier molecular flexibility index (Phi) is 7.01. The molecule has 0 radical (unpaired) electrons. The molecular formula is C44H52N4O2. The zero-order valence-corrected chi connectivity index (χ0v) is 31.5. The van der Waals surface area contributed by atoms with Crippen LogP contribution in [0.25, 0.3) is 44.1 Å². The topological polar surface area (TPSA) is 58.5 Å². The Morgan fingerprint density at radius 1 is 0.620 bits per heavy atom. The van der Waals surface area contributed by atoms with E-state index in [4.69, 9.17) is 8.83 Å². The minimum absolute atomic E-state index is 0.292. The summed E-state index contributed by atoms with van der Waals surface area (Å²) in [6.45, 7) is 26.7. The second-order valence-corrected chi connectivity index (χ2v) is 17.2. The number of fused-ring (bicyclic) bond motifs is 10. The largest absolute Gasteiger partial charge is 0.437 e. The fourth-order valence-electron chi connectivity index (χ4n) is 11.4. The molecule has 4 fully saturated rings. The van der Waals surface area contributed by atoms with Crippen LogP contribution in [0.15, 0.2) is 57.4 Å². The van der Waals surface area contributed by atoms with E-state index in [9.17, 15) is 0 Å². The summed E-state index contributed by atoms with van der Waals surface area (Å²) in [5.41, 5.74) is 11.9. The summed E-state index contributed by atoms with van der Waals surface area (Å²) in [6.07, 6.45) is 1.29. The van der Waals surface area contributed by atoms with E-state index in [0.717, 1.165) is 44.8 Å². The van der Waals surface area contributed by atoms with Gasteiger partial charge < -0.3 is 8.83 Å². The highest BCUT2D eigenvalue weighted by Crippen LogP contribution is 2.60. The lowest BCUT2D eigenvalue weighted by Crippen LogP contribution is -2.45. The van der Waals surface area contributed by atoms with Gasteiger partial charge in [0, 0.05) is 87.1 Å². The molecule has 0 amide bonds. The van der Waals surface area contributed by atoms with Gasteiger partial charge in [-0.25, -0.2) is 9.97 Å². The monoisotopic (exact) mass is 668 g/mol. The summed E-state index contributed by atoms with van der Waals surface area (Å²) in [5.74, 6) is 1.72. The van der Waals surface area contributed by atoms with Crippen LogP contribution in [0.2, 0.25) is 0 Å². The summed E-state index contributed by atoms with van der Waals surface area (Å²) in [5, 5.41) is 4.70. The number of aromatic nitrogens is 2. The first kappa shape index (κ1) is 32.2. The Hall–Kier alpha value is -3.74. The van der Waals surface area contributed by atoms with Crippen molar-refractivity contribution in [1.82, 2.24) is 19.8 Å². The van der Waals surface area contributed by atoms with Gasteiger partial charge in [0.05, 0.1) is 0 Å². The summed E-state index contributed by atoms with van der Waals surface area (Å²) >= 11 is 0. The lowest BCUT2D eigenvalue weighted by Gasteiger charge is -2.44. The minimum atomic E-state index is 0.292. The SMILES string of the molecule is Cc1ccc2c(n1)oc1c(C3[C@@H](C)N4CC3(C)C(C)C4C)c(C)ccc12.Cc1ccc2c(n1)oc1c(C3[C@@H](C)N4CCC3(C)C4)c(C)ccc12. The highest BCUT2D eigenvalue weighted by Gasteiger charge is 2.60. The number of hydrogen-bond acceptors (Lipinski definition) is 6. The molecule has 6 nitrogen and oxygen atoms in total. The normalized spacial score (nSPS) is 34.4. The number of aryl methyl sites for hydroxylation is 4. The molecule has 10 rings (SSSR count). The number of hydrogen-bond donors (Lipinski definition) is 0. The number of nitrogens with zero attached hydrogens (tertiary/aromatic N) is 4. The molecule has 8 unspecified atom stereocenters. The Morgan fingerprint density at radius 2 is 1.14 bits per heavy atom. The predicted molar refractivity (Wildman–Crippen MR) is 204 cm³/mol. The van der Waals surface area contributed by atoms with Gasteiger partial charge in [-0.3, -0.25) is 9.80 Å². The summed E-state index contributed by atoms with van der Waals surface area (Å²) in [6, 6.07) is 19.2. The lowest BCUT2D eigenvalue weighted by molar-refractivity contribution is 0.112. The fourth-order valence-corrected chi connectivity index (χ4v) is 11.4. The van der Waals surface area contributed by atoms with E-state index in [2.05, 4.69) is 124 Å². The van der Waals surface area contributed by atoms with Crippen molar-refractivity contribution in [3.05, 3.63) is 82.2 Å². The molecule has 0 spiro atoms. The van der Waals surface area contributed by atoms with E-state index in [1.807, 2.05) is 13.8 Å². The quantitative estimate of drug-likeness (QED) is 0.183. The van der Waals surface area contributed by atoms with E-state index in [0.29, 0.717) is 46.7 Å². The molecule has 6 heteroatoms. The summed E-state index contributed by atoms with van der Waals surface area (Å²) in [7, 11) is 0. The number of rotatable bonds is 2. The molecule has 260 valence electrons. The standard InChI is InChI=1S/C23H28N2O.C21H24N2O/c1-12-7-9-17-18-10-8-13(2)24-22(18)26-21(17)19(12)20-16(5)25-11-23(20,6)14(3)15(25)4;1-12-5-7-15-16-8-6-13(2)22-20(16)24-19(15)17(12)18-14(3)23-10-9-21(18,4)11-23/h7-10,14-16,20H,11H2,1-6H3;5-8,14,18H,9-11H2,1-4H3/t14?,15?,16-,20?,23?;14-,18?,21?/m11/s1. The Bertz CT molecular complexity index is 2340. The van der Waals surface area contributed by atoms with Crippen LogP contribution < -0.4 is 0 Å². The Morgan fingerprint density at radius 3 is 1.64 bits per heavy atom. The summed E-state index contributed by atoms with van der Waals surface area (Å²) < 4.78 is 12.7. The highest BCUT2D eigenvalue weighted by molar-refractivity contribution is 6.06. The van der Waals surface area contributed by atoms with Gasteiger partial charge in [0.25, 0.3) is 0 Å². The van der Waals surface area contributed by atoms with E-state index in [1.54, 1.807) is 0 Å². The van der Waals surface area contributed by atoms with Gasteiger partial charge in [-0.1, -0.05) is 45.0 Å². The van der Waals surface area contributed by atoms with Gasteiger partial charge in [-0.05, 0) is 114 Å². The fraction of sp³-hybridized carbons (Fsp3) is 0.500. The third kappa shape index (κ3) is 4.33. The minimum Gasteiger partial charge on any atom is -0.437 e. The van der Waals surface area contributed by atoms with Crippen LogP contribution in [-0.2, 0) is 0 Å². The number of benzene rings is 2. The van der Waals surface area contributed by atoms with Gasteiger partial charge in [-0.15, -0.1) is 0 Å². The third-order valence-corrected chi connectivity index (χ3v) is 14.3. The maximum atomic E-state index is 6.39. The van der Waals surface area contributed by atoms with Crippen molar-refractivity contribution in [2.24, 2.45) is 16.7 Å². The van der Waals surface area contributed by atoms with Gasteiger partial charge in [0.1, 0.15) is 11.2 Å². The third-order valence-electron chi connectivity index (χ3n) is 14.3. The molecule has 0 aliphatic carbocycles. The van der Waals surface area contributed by atoms with Gasteiger partial charge >= 0.3 is 0 Å². The van der Waals surface area contributed by atoms with Gasteiger partial charge in [0.2, 0.25) is 11.4 Å². The second kappa shape index (κ2) is 10.9. The van der Waals surface area contributed by atoms with Crippen molar-refractivity contribution in [3.8, 4) is 0 Å². The molecule has 0 N–H and O–H groups in total. The Balaban J connectivity index is 0.000000135. The first-order valence-electron chi connectivity index (χ1n) is 18.9. The zero-order chi connectivity index (χ0) is 35.0. The number of furan rings is 2. The van der Waals surface area contributed by atoms with Crippen LogP contribution in [0.4, 0.5) is 0 Å². The molecule has 10 atom stereocenters. The van der Waals surface area contributed by atoms with Crippen LogP contribution in [0.3, 0.4) is 0 Å². The zero-order valence-electron chi connectivity index (χ0n) is 31.5. The number of piperidine rings is 2. The van der Waals surface area contributed by atoms with Crippen LogP contribution >= 0.6 is 0 Å². The molecule has 4 aliphatic rings. The van der Waals surface area contributed by atoms with Gasteiger partial charge in [-0.2, -0.15) is 0 Å². The molecule has 2 aromatic carbocycles. The molecule has 50 heavy (non-hydrogen) atoms. The first-order chi connectivity index (χ1) is 23.8. The molecule has 0 saturated carbocycles. The molecular weight excluding hydrogens is 617 g/mol. The van der Waals surface area contributed by atoms with E-state index in [1.165, 1.54) is 59.1 Å². The molecule has 4 saturated heterocycles. The predicted octanol–water partition coefficient (Wildman–Crippen LogP) is 10.2. The first-order valence-corrected chi connectivity index (χ1v) is 18.9. The number of pyridine rings is 2. The molecule has 8 heterocycles. The maximum absolute atomic E-state index is 6.39. The van der Waals surface area contributed by atoms with Crippen molar-refractivity contribution >= 4 is 44.1 Å². The van der Waals surface area contributed by atoms with Crippen molar-refractivity contribution in [2.45, 2.75) is 106 Å². The second-order valence-electron chi connectivity index (χ2n) is 17.2. The van der Waals surface area contributed by atoms with Crippen LogP contribution in [0.5, 0.6) is 0 Å². The smallest absolute Gasteiger partial charge is 0.227 e. The van der Waals surface area contributed by atoms with Crippen LogP contribution in [0.1, 0.15) is 93.4 Å². The van der Waals surface area contributed by atoms with E-state index in [-0.39, 0.29) is 0 Å². The average molecular weight is 669 g/mol. The lowest BCUT2D eigenvalue weighted by atomic mass is 9.63. The van der Waals surface area contributed by atoms with Crippen LogP contribution in [0, 0.1) is 44.4 Å². The van der Waals surface area contributed by atoms with Crippen molar-refractivity contribution in [3.63, 3.8) is 0 Å². The highest BCUT2D eigenvalue weighted by atomic mass is 16.3. The van der Waals surface area contributed by atoms with E-state index < -0.39 is 0 Å². The van der Waals surface area contributed by atoms with Crippen molar-refractivity contribution < 1.29 is 8.83 Å². The molecule has 4 aliphatic heterocycles. The van der Waals surface area contributed by atoms with Gasteiger partial charge in [0.15, 0.2) is 0 Å². The van der Waals surface area contributed by atoms with Crippen molar-refractivity contribution in [1.29, 1.82) is 0 Å². The molecule has 6 aromatic rings. The van der Waals surface area contributed by atoms with E-state index >= 15 is 0 Å². The molecule has 4 bridgehead atoms.